The van der Waals surface area contributed by atoms with Crippen molar-refractivity contribution >= 4 is 8.41 Å². The Balaban J connectivity index is -0.000000440. The molecular weight excluding hydrogens is 419 g/mol. The van der Waals surface area contributed by atoms with E-state index < -0.39 is 0 Å². The van der Waals surface area contributed by atoms with Gasteiger partial charge < -0.3 is 0 Å². The van der Waals surface area contributed by atoms with Crippen LogP contribution in [0.25, 0.3) is 0 Å². The van der Waals surface area contributed by atoms with Gasteiger partial charge >= 0.3 is 0 Å². The summed E-state index contributed by atoms with van der Waals surface area (Å²) in [4.78, 5) is 0. The lowest BCUT2D eigenvalue weighted by Crippen LogP contribution is -1.95. The quantitative estimate of drug-likeness (QED) is 0.382. The number of rotatable bonds is 4. The summed E-state index contributed by atoms with van der Waals surface area (Å²) >= 11 is 0. The summed E-state index contributed by atoms with van der Waals surface area (Å²) in [5.41, 5.74) is 8.72. The maximum absolute atomic E-state index is 2.35. The predicted octanol–water partition coefficient (Wildman–Crippen LogP) is 11.4. The lowest BCUT2D eigenvalue weighted by Gasteiger charge is -2.13. The standard InChI is InChI=1S/2C13H20.2C4H10.B/c2*1-9(2)12-7-6-11(5)13(8-12)10(3)4;2*1-4(2)3;/h2*6-10H,1-5H3;2*4H,1-3H3;. The van der Waals surface area contributed by atoms with Gasteiger partial charge in [-0.2, -0.15) is 0 Å². The van der Waals surface area contributed by atoms with Crippen molar-refractivity contribution in [2.45, 2.75) is 134 Å². The lowest BCUT2D eigenvalue weighted by atomic mass is 9.92. The molecule has 2 rings (SSSR count). The Morgan fingerprint density at radius 1 is 0.400 bits per heavy atom. The van der Waals surface area contributed by atoms with Crippen LogP contribution in [-0.4, -0.2) is 8.41 Å². The van der Waals surface area contributed by atoms with Crippen molar-refractivity contribution in [3.05, 3.63) is 69.8 Å². The van der Waals surface area contributed by atoms with Crippen molar-refractivity contribution in [1.82, 2.24) is 0 Å². The summed E-state index contributed by atoms with van der Waals surface area (Å²) in [5, 5.41) is 0. The number of benzene rings is 2. The van der Waals surface area contributed by atoms with Crippen molar-refractivity contribution in [3.63, 3.8) is 0 Å². The van der Waals surface area contributed by atoms with E-state index in [1.807, 2.05) is 0 Å². The molecule has 0 saturated heterocycles. The third-order valence-electron chi connectivity index (χ3n) is 5.18. The first-order chi connectivity index (χ1) is 15.5. The molecule has 0 nitrogen and oxygen atoms in total. The van der Waals surface area contributed by atoms with Crippen LogP contribution in [0.15, 0.2) is 36.4 Å². The van der Waals surface area contributed by atoms with Crippen LogP contribution in [-0.2, 0) is 0 Å². The molecule has 0 amide bonds. The van der Waals surface area contributed by atoms with Crippen LogP contribution < -0.4 is 0 Å². The largest absolute Gasteiger partial charge is 0.0630 e. The molecule has 2 aromatic carbocycles. The average Bonchev–Trinajstić information content (AvgIpc) is 2.67. The van der Waals surface area contributed by atoms with E-state index in [-0.39, 0.29) is 8.41 Å². The Labute approximate surface area is 224 Å². The second-order valence-corrected chi connectivity index (χ2v) is 12.3. The maximum Gasteiger partial charge on any atom is 0 e. The predicted molar refractivity (Wildman–Crippen MR) is 165 cm³/mol. The molecule has 0 heterocycles. The van der Waals surface area contributed by atoms with Crippen LogP contribution in [0.4, 0.5) is 0 Å². The first kappa shape index (κ1) is 38.0. The molecule has 0 spiro atoms. The highest BCUT2D eigenvalue weighted by molar-refractivity contribution is 5.75. The molecular formula is C34H60B. The third-order valence-corrected chi connectivity index (χ3v) is 5.18. The third kappa shape index (κ3) is 18.4. The summed E-state index contributed by atoms with van der Waals surface area (Å²) in [5.74, 6) is 4.22. The number of hydrogen-bond donors (Lipinski definition) is 0. The van der Waals surface area contributed by atoms with Crippen LogP contribution in [0.1, 0.15) is 154 Å². The Kier molecular flexibility index (Phi) is 21.4. The van der Waals surface area contributed by atoms with Crippen LogP contribution in [0.3, 0.4) is 0 Å². The smallest absolute Gasteiger partial charge is 0 e. The second-order valence-electron chi connectivity index (χ2n) is 12.3. The topological polar surface area (TPSA) is 0 Å². The molecule has 1 heteroatoms. The molecule has 35 heavy (non-hydrogen) atoms. The van der Waals surface area contributed by atoms with Gasteiger partial charge in [0.05, 0.1) is 0 Å². The summed E-state index contributed by atoms with van der Waals surface area (Å²) in [6, 6.07) is 13.7. The molecule has 0 bridgehead atoms. The first-order valence-electron chi connectivity index (χ1n) is 13.7. The first-order valence-corrected chi connectivity index (χ1v) is 13.7. The van der Waals surface area contributed by atoms with E-state index >= 15 is 0 Å². The minimum atomic E-state index is 0. The maximum atomic E-state index is 2.35. The molecule has 0 N–H and O–H groups in total. The Bertz CT molecular complexity index is 706. The highest BCUT2D eigenvalue weighted by Gasteiger charge is 2.07. The van der Waals surface area contributed by atoms with Gasteiger partial charge in [-0.25, -0.2) is 0 Å². The summed E-state index contributed by atoms with van der Waals surface area (Å²) in [6.07, 6.45) is 0. The number of hydrogen-bond acceptors (Lipinski definition) is 0. The van der Waals surface area contributed by atoms with Gasteiger partial charge in [0, 0.05) is 8.41 Å². The highest BCUT2D eigenvalue weighted by atomic mass is 14.1. The molecule has 0 atom stereocenters. The van der Waals surface area contributed by atoms with E-state index in [4.69, 9.17) is 0 Å². The fourth-order valence-corrected chi connectivity index (χ4v) is 3.28. The van der Waals surface area contributed by atoms with E-state index in [1.54, 1.807) is 0 Å². The van der Waals surface area contributed by atoms with E-state index in [0.717, 1.165) is 11.8 Å². The van der Waals surface area contributed by atoms with Crippen LogP contribution in [0, 0.1) is 25.7 Å². The molecule has 0 fully saturated rings. The second kappa shape index (κ2) is 19.7. The highest BCUT2D eigenvalue weighted by Crippen LogP contribution is 2.25. The van der Waals surface area contributed by atoms with Crippen LogP contribution in [0.2, 0.25) is 0 Å². The van der Waals surface area contributed by atoms with E-state index in [9.17, 15) is 0 Å². The normalized spacial score (nSPS) is 10.5. The van der Waals surface area contributed by atoms with Gasteiger partial charge in [-0.3, -0.25) is 0 Å². The summed E-state index contributed by atoms with van der Waals surface area (Å²) in [7, 11) is 0. The van der Waals surface area contributed by atoms with Gasteiger partial charge in [0.1, 0.15) is 0 Å². The zero-order chi connectivity index (χ0) is 27.2. The van der Waals surface area contributed by atoms with Crippen LogP contribution in [0.5, 0.6) is 0 Å². The zero-order valence-corrected chi connectivity index (χ0v) is 26.5. The molecule has 0 aliphatic carbocycles. The van der Waals surface area contributed by atoms with Gasteiger partial charge in [0.25, 0.3) is 0 Å². The molecule has 2 aromatic rings. The van der Waals surface area contributed by atoms with Gasteiger partial charge in [0.2, 0.25) is 0 Å². The van der Waals surface area contributed by atoms with Crippen molar-refractivity contribution in [2.24, 2.45) is 11.8 Å². The Hall–Kier alpha value is -1.50. The van der Waals surface area contributed by atoms with E-state index in [1.165, 1.54) is 33.4 Å². The Morgan fingerprint density at radius 3 is 0.800 bits per heavy atom. The molecule has 0 aliphatic heterocycles. The van der Waals surface area contributed by atoms with Crippen molar-refractivity contribution in [2.75, 3.05) is 0 Å². The van der Waals surface area contributed by atoms with Crippen molar-refractivity contribution < 1.29 is 0 Å². The molecule has 3 radical (unpaired) electrons. The molecule has 0 aliphatic rings. The summed E-state index contributed by atoms with van der Waals surface area (Å²) in [6.45, 7) is 35.4. The Morgan fingerprint density at radius 2 is 0.629 bits per heavy atom. The molecule has 0 saturated carbocycles. The zero-order valence-electron chi connectivity index (χ0n) is 26.5. The van der Waals surface area contributed by atoms with Crippen molar-refractivity contribution in [1.29, 1.82) is 0 Å². The fraction of sp³-hybridized carbons (Fsp3) is 0.647. The monoisotopic (exact) mass is 479 g/mol. The summed E-state index contributed by atoms with van der Waals surface area (Å²) < 4.78 is 0. The van der Waals surface area contributed by atoms with Gasteiger partial charge in [0.15, 0.2) is 0 Å². The number of aryl methyl sites for hydroxylation is 2. The van der Waals surface area contributed by atoms with Crippen LogP contribution >= 0.6 is 0 Å². The lowest BCUT2D eigenvalue weighted by molar-refractivity contribution is 0.736. The van der Waals surface area contributed by atoms with E-state index in [2.05, 4.69) is 147 Å². The molecule has 199 valence electrons. The van der Waals surface area contributed by atoms with Gasteiger partial charge in [-0.15, -0.1) is 0 Å². The fourth-order valence-electron chi connectivity index (χ4n) is 3.28. The van der Waals surface area contributed by atoms with Gasteiger partial charge in [-0.05, 0) is 82.7 Å². The molecule has 0 aromatic heterocycles. The average molecular weight is 480 g/mol. The minimum absolute atomic E-state index is 0. The minimum Gasteiger partial charge on any atom is -0.0630 e. The molecule has 0 unspecified atom stereocenters. The SMILES string of the molecule is CC(C)C.CC(C)C.Cc1ccc(C(C)C)cc1C(C)C.Cc1ccc(C(C)C)cc1C(C)C.[B]. The van der Waals surface area contributed by atoms with Gasteiger partial charge in [-0.1, -0.05) is 133 Å². The van der Waals surface area contributed by atoms with Crippen molar-refractivity contribution in [3.8, 4) is 0 Å². The van der Waals surface area contributed by atoms with E-state index in [0.29, 0.717) is 23.7 Å².